The molecule has 0 spiro atoms. The molecule has 0 radical (unpaired) electrons. The van der Waals surface area contributed by atoms with E-state index in [1.807, 2.05) is 31.1 Å². The molecule has 0 amide bonds. The molecule has 0 aliphatic rings. The zero-order chi connectivity index (χ0) is 14.0. The number of likely N-dealkylation sites (N-methyl/N-ethyl adjacent to an activating group) is 1. The van der Waals surface area contributed by atoms with Gasteiger partial charge in [-0.2, -0.15) is 0 Å². The average Bonchev–Trinajstić information content (AvgIpc) is 2.72. The summed E-state index contributed by atoms with van der Waals surface area (Å²) in [7, 11) is 3.89. The summed E-state index contributed by atoms with van der Waals surface area (Å²) >= 11 is 0. The van der Waals surface area contributed by atoms with Gasteiger partial charge in [0.25, 0.3) is 0 Å². The lowest BCUT2D eigenvalue weighted by Crippen LogP contribution is -2.37. The van der Waals surface area contributed by atoms with Crippen molar-refractivity contribution < 1.29 is 9.90 Å². The molecule has 0 fully saturated rings. The molecular formula is C15H20N2O2. The Labute approximate surface area is 113 Å². The Morgan fingerprint density at radius 2 is 2.11 bits per heavy atom. The third kappa shape index (κ3) is 2.79. The number of para-hydroxylation sites is 1. The van der Waals surface area contributed by atoms with Gasteiger partial charge < -0.3 is 9.67 Å². The van der Waals surface area contributed by atoms with Crippen LogP contribution in [0.2, 0.25) is 0 Å². The van der Waals surface area contributed by atoms with Crippen LogP contribution in [-0.4, -0.2) is 40.2 Å². The quantitative estimate of drug-likeness (QED) is 0.895. The fraction of sp³-hybridized carbons (Fsp3) is 0.400. The van der Waals surface area contributed by atoms with Gasteiger partial charge in [0, 0.05) is 30.7 Å². The van der Waals surface area contributed by atoms with Crippen LogP contribution in [0.15, 0.2) is 30.5 Å². The number of rotatable bonds is 5. The molecule has 1 aromatic carbocycles. The lowest BCUT2D eigenvalue weighted by atomic mass is 10.1. The summed E-state index contributed by atoms with van der Waals surface area (Å²) in [6, 6.07) is 7.84. The fourth-order valence-electron chi connectivity index (χ4n) is 2.30. The van der Waals surface area contributed by atoms with Crippen molar-refractivity contribution in [2.75, 3.05) is 13.6 Å². The molecule has 0 saturated heterocycles. The van der Waals surface area contributed by atoms with Crippen LogP contribution in [0.4, 0.5) is 0 Å². The van der Waals surface area contributed by atoms with Gasteiger partial charge in [-0.3, -0.25) is 9.69 Å². The maximum Gasteiger partial charge on any atom is 0.320 e. The number of hydrogen-bond donors (Lipinski definition) is 1. The topological polar surface area (TPSA) is 45.5 Å². The molecule has 1 unspecified atom stereocenters. The van der Waals surface area contributed by atoms with E-state index < -0.39 is 12.0 Å². The highest BCUT2D eigenvalue weighted by molar-refractivity contribution is 5.83. The molecule has 0 bridgehead atoms. The Morgan fingerprint density at radius 3 is 2.79 bits per heavy atom. The highest BCUT2D eigenvalue weighted by atomic mass is 16.4. The Kier molecular flexibility index (Phi) is 3.90. The van der Waals surface area contributed by atoms with Gasteiger partial charge >= 0.3 is 5.97 Å². The van der Waals surface area contributed by atoms with Crippen LogP contribution in [0.3, 0.4) is 0 Å². The maximum atomic E-state index is 10.9. The maximum absolute atomic E-state index is 10.9. The number of carbonyl (C=O) groups is 1. The van der Waals surface area contributed by atoms with Gasteiger partial charge in [0.1, 0.15) is 6.04 Å². The minimum absolute atomic E-state index is 0.449. The summed E-state index contributed by atoms with van der Waals surface area (Å²) in [6.45, 7) is 2.45. The monoisotopic (exact) mass is 260 g/mol. The number of carboxylic acids is 1. The first-order valence-electron chi connectivity index (χ1n) is 6.46. The van der Waals surface area contributed by atoms with Crippen LogP contribution in [0, 0.1) is 0 Å². The standard InChI is InChI=1S/C15H20N2O2/c1-11(15(18)19)16(2)9-8-12-10-17(3)14-7-5-4-6-13(12)14/h4-7,10-11H,8-9H2,1-3H3,(H,18,19). The molecule has 102 valence electrons. The molecule has 19 heavy (non-hydrogen) atoms. The van der Waals surface area contributed by atoms with Crippen molar-refractivity contribution in [3.63, 3.8) is 0 Å². The molecule has 0 aliphatic heterocycles. The number of aryl methyl sites for hydroxylation is 1. The van der Waals surface area contributed by atoms with Crippen molar-refractivity contribution in [2.45, 2.75) is 19.4 Å². The predicted molar refractivity (Wildman–Crippen MR) is 76.4 cm³/mol. The summed E-state index contributed by atoms with van der Waals surface area (Å²) in [5.74, 6) is -0.777. The molecule has 1 heterocycles. The highest BCUT2D eigenvalue weighted by Crippen LogP contribution is 2.20. The molecule has 4 nitrogen and oxygen atoms in total. The lowest BCUT2D eigenvalue weighted by Gasteiger charge is -2.20. The number of benzene rings is 1. The SMILES string of the molecule is CC(C(=O)O)N(C)CCc1cn(C)c2ccccc12. The second-order valence-corrected chi connectivity index (χ2v) is 5.03. The molecule has 1 atom stereocenters. The van der Waals surface area contributed by atoms with Gasteiger partial charge in [-0.1, -0.05) is 18.2 Å². The van der Waals surface area contributed by atoms with Crippen LogP contribution < -0.4 is 0 Å². The molecular weight excluding hydrogens is 240 g/mol. The summed E-state index contributed by atoms with van der Waals surface area (Å²) in [6.07, 6.45) is 2.99. The first kappa shape index (κ1) is 13.6. The molecule has 1 N–H and O–H groups in total. The van der Waals surface area contributed by atoms with Crippen LogP contribution >= 0.6 is 0 Å². The van der Waals surface area contributed by atoms with E-state index in [2.05, 4.69) is 22.9 Å². The van der Waals surface area contributed by atoms with Crippen molar-refractivity contribution in [1.82, 2.24) is 9.47 Å². The van der Waals surface area contributed by atoms with E-state index in [9.17, 15) is 4.79 Å². The second-order valence-electron chi connectivity index (χ2n) is 5.03. The summed E-state index contributed by atoms with van der Waals surface area (Å²) in [4.78, 5) is 12.8. The molecule has 4 heteroatoms. The lowest BCUT2D eigenvalue weighted by molar-refractivity contribution is -0.142. The number of carboxylic acid groups (broad SMARTS) is 1. The number of aliphatic carboxylic acids is 1. The summed E-state index contributed by atoms with van der Waals surface area (Å²) < 4.78 is 2.12. The van der Waals surface area contributed by atoms with Gasteiger partial charge in [-0.05, 0) is 32.0 Å². The van der Waals surface area contributed by atoms with E-state index >= 15 is 0 Å². The van der Waals surface area contributed by atoms with Crippen molar-refractivity contribution in [2.24, 2.45) is 7.05 Å². The largest absolute Gasteiger partial charge is 0.480 e. The van der Waals surface area contributed by atoms with Crippen molar-refractivity contribution in [3.05, 3.63) is 36.0 Å². The Bertz CT molecular complexity index is 589. The smallest absolute Gasteiger partial charge is 0.320 e. The normalized spacial score (nSPS) is 13.1. The number of hydrogen-bond acceptors (Lipinski definition) is 2. The van der Waals surface area contributed by atoms with Crippen molar-refractivity contribution in [3.8, 4) is 0 Å². The van der Waals surface area contributed by atoms with Gasteiger partial charge in [0.15, 0.2) is 0 Å². The molecule has 2 aromatic rings. The van der Waals surface area contributed by atoms with Gasteiger partial charge in [-0.25, -0.2) is 0 Å². The Hall–Kier alpha value is -1.81. The molecule has 1 aromatic heterocycles. The minimum atomic E-state index is -0.777. The van der Waals surface area contributed by atoms with E-state index in [1.54, 1.807) is 6.92 Å². The van der Waals surface area contributed by atoms with E-state index in [1.165, 1.54) is 16.5 Å². The zero-order valence-corrected chi connectivity index (χ0v) is 11.6. The number of fused-ring (bicyclic) bond motifs is 1. The van der Waals surface area contributed by atoms with Crippen LogP contribution in [-0.2, 0) is 18.3 Å². The average molecular weight is 260 g/mol. The number of nitrogens with zero attached hydrogens (tertiary/aromatic N) is 2. The first-order chi connectivity index (χ1) is 9.00. The van der Waals surface area contributed by atoms with E-state index in [-0.39, 0.29) is 0 Å². The van der Waals surface area contributed by atoms with E-state index in [0.717, 1.165) is 13.0 Å². The third-order valence-corrected chi connectivity index (χ3v) is 3.73. The van der Waals surface area contributed by atoms with Crippen LogP contribution in [0.1, 0.15) is 12.5 Å². The Morgan fingerprint density at radius 1 is 1.42 bits per heavy atom. The molecule has 0 saturated carbocycles. The van der Waals surface area contributed by atoms with E-state index in [4.69, 9.17) is 5.11 Å². The Balaban J connectivity index is 2.12. The molecule has 2 rings (SSSR count). The fourth-order valence-corrected chi connectivity index (χ4v) is 2.30. The van der Waals surface area contributed by atoms with Crippen LogP contribution in [0.25, 0.3) is 10.9 Å². The summed E-state index contributed by atoms with van der Waals surface area (Å²) in [5, 5.41) is 10.2. The predicted octanol–water partition coefficient (Wildman–Crippen LogP) is 2.13. The second kappa shape index (κ2) is 5.45. The highest BCUT2D eigenvalue weighted by Gasteiger charge is 2.16. The van der Waals surface area contributed by atoms with E-state index in [0.29, 0.717) is 0 Å². The van der Waals surface area contributed by atoms with Crippen LogP contribution in [0.5, 0.6) is 0 Å². The van der Waals surface area contributed by atoms with Gasteiger partial charge in [0.2, 0.25) is 0 Å². The minimum Gasteiger partial charge on any atom is -0.480 e. The summed E-state index contributed by atoms with van der Waals surface area (Å²) in [5.41, 5.74) is 2.48. The van der Waals surface area contributed by atoms with Crippen molar-refractivity contribution >= 4 is 16.9 Å². The first-order valence-corrected chi connectivity index (χ1v) is 6.46. The third-order valence-electron chi connectivity index (χ3n) is 3.73. The number of aromatic nitrogens is 1. The molecule has 0 aliphatic carbocycles. The zero-order valence-electron chi connectivity index (χ0n) is 11.6. The van der Waals surface area contributed by atoms with Gasteiger partial charge in [0.05, 0.1) is 0 Å². The van der Waals surface area contributed by atoms with Gasteiger partial charge in [-0.15, -0.1) is 0 Å². The van der Waals surface area contributed by atoms with Crippen molar-refractivity contribution in [1.29, 1.82) is 0 Å².